The molecule has 0 aliphatic carbocycles. The number of carbonyl (C=O) groups is 2. The van der Waals surface area contributed by atoms with Gasteiger partial charge in [-0.2, -0.15) is 5.26 Å². The van der Waals surface area contributed by atoms with Crippen LogP contribution in [0.2, 0.25) is 0 Å². The number of carbonyl (C=O) groups excluding carboxylic acids is 2. The molecule has 0 bridgehead atoms. The first-order valence-electron chi connectivity index (χ1n) is 9.29. The molecule has 0 unspecified atom stereocenters. The lowest BCUT2D eigenvalue weighted by Crippen LogP contribution is -2.36. The van der Waals surface area contributed by atoms with Gasteiger partial charge in [0.1, 0.15) is 11.6 Å². The van der Waals surface area contributed by atoms with Gasteiger partial charge in [0, 0.05) is 37.1 Å². The topological polar surface area (TPSA) is 94.5 Å². The van der Waals surface area contributed by atoms with Crippen molar-refractivity contribution in [1.29, 1.82) is 5.26 Å². The van der Waals surface area contributed by atoms with Crippen LogP contribution in [0.15, 0.2) is 54.1 Å². The highest BCUT2D eigenvalue weighted by Crippen LogP contribution is 2.20. The van der Waals surface area contributed by atoms with E-state index in [2.05, 4.69) is 15.5 Å². The zero-order valence-electron chi connectivity index (χ0n) is 16.1. The summed E-state index contributed by atoms with van der Waals surface area (Å²) in [4.78, 5) is 25.8. The summed E-state index contributed by atoms with van der Waals surface area (Å²) in [6.45, 7) is 4.53. The molecule has 0 aromatic heterocycles. The van der Waals surface area contributed by atoms with E-state index in [0.29, 0.717) is 30.2 Å². The van der Waals surface area contributed by atoms with Crippen LogP contribution in [0.1, 0.15) is 12.5 Å². The van der Waals surface area contributed by atoms with Gasteiger partial charge in [0.25, 0.3) is 5.91 Å². The third-order valence-electron chi connectivity index (χ3n) is 4.41. The summed E-state index contributed by atoms with van der Waals surface area (Å²) in [5.74, 6) is -0.636. The Hall–Kier alpha value is -3.63. The standard InChI is InChI=1S/C22H22N4O3/c1-16(27)24-19-4-2-17(3-5-19)14-18(15-23)22(28)25-20-6-8-21(9-7-20)26-10-12-29-13-11-26/h2-9,14H,10-13H2,1H3,(H,24,27)(H,25,28)/b18-14+. The normalized spacial score (nSPS) is 14.1. The third-order valence-corrected chi connectivity index (χ3v) is 4.41. The van der Waals surface area contributed by atoms with E-state index in [-0.39, 0.29) is 11.5 Å². The maximum absolute atomic E-state index is 12.5. The molecule has 29 heavy (non-hydrogen) atoms. The van der Waals surface area contributed by atoms with E-state index < -0.39 is 5.91 Å². The summed E-state index contributed by atoms with van der Waals surface area (Å²) in [6.07, 6.45) is 1.51. The number of nitriles is 1. The van der Waals surface area contributed by atoms with Crippen molar-refractivity contribution in [2.24, 2.45) is 0 Å². The highest BCUT2D eigenvalue weighted by Gasteiger charge is 2.12. The van der Waals surface area contributed by atoms with Crippen molar-refractivity contribution < 1.29 is 14.3 Å². The van der Waals surface area contributed by atoms with Crippen LogP contribution >= 0.6 is 0 Å². The number of nitrogens with one attached hydrogen (secondary N) is 2. The van der Waals surface area contributed by atoms with Crippen molar-refractivity contribution in [1.82, 2.24) is 0 Å². The Bertz CT molecular complexity index is 938. The predicted octanol–water partition coefficient (Wildman–Crippen LogP) is 3.03. The minimum atomic E-state index is -0.474. The molecule has 2 aromatic carbocycles. The molecule has 7 heteroatoms. The molecule has 2 amide bonds. The number of hydrogen-bond acceptors (Lipinski definition) is 5. The van der Waals surface area contributed by atoms with E-state index in [1.165, 1.54) is 13.0 Å². The number of nitrogens with zero attached hydrogens (tertiary/aromatic N) is 2. The quantitative estimate of drug-likeness (QED) is 0.605. The van der Waals surface area contributed by atoms with Gasteiger partial charge in [0.2, 0.25) is 5.91 Å². The molecular weight excluding hydrogens is 368 g/mol. The third kappa shape index (κ3) is 5.67. The highest BCUT2D eigenvalue weighted by molar-refractivity contribution is 6.09. The molecule has 2 aromatic rings. The zero-order valence-corrected chi connectivity index (χ0v) is 16.1. The van der Waals surface area contributed by atoms with Gasteiger partial charge in [-0.15, -0.1) is 0 Å². The summed E-state index contributed by atoms with van der Waals surface area (Å²) >= 11 is 0. The van der Waals surface area contributed by atoms with E-state index >= 15 is 0 Å². The van der Waals surface area contributed by atoms with Crippen LogP contribution < -0.4 is 15.5 Å². The lowest BCUT2D eigenvalue weighted by molar-refractivity contribution is -0.114. The van der Waals surface area contributed by atoms with Crippen molar-refractivity contribution in [2.45, 2.75) is 6.92 Å². The van der Waals surface area contributed by atoms with Gasteiger partial charge in [-0.1, -0.05) is 12.1 Å². The van der Waals surface area contributed by atoms with Crippen molar-refractivity contribution in [2.75, 3.05) is 41.8 Å². The number of anilines is 3. The van der Waals surface area contributed by atoms with Crippen molar-refractivity contribution in [3.05, 3.63) is 59.7 Å². The second-order valence-electron chi connectivity index (χ2n) is 6.57. The van der Waals surface area contributed by atoms with Gasteiger partial charge < -0.3 is 20.3 Å². The van der Waals surface area contributed by atoms with Crippen LogP contribution in [0.5, 0.6) is 0 Å². The molecule has 3 rings (SSSR count). The summed E-state index contributed by atoms with van der Waals surface area (Å²) in [7, 11) is 0. The summed E-state index contributed by atoms with van der Waals surface area (Å²) in [6, 6.07) is 16.3. The number of hydrogen-bond donors (Lipinski definition) is 2. The predicted molar refractivity (Wildman–Crippen MR) is 112 cm³/mol. The zero-order chi connectivity index (χ0) is 20.6. The van der Waals surface area contributed by atoms with Crippen molar-refractivity contribution >= 4 is 35.0 Å². The lowest BCUT2D eigenvalue weighted by Gasteiger charge is -2.28. The molecule has 7 nitrogen and oxygen atoms in total. The smallest absolute Gasteiger partial charge is 0.266 e. The van der Waals surface area contributed by atoms with Gasteiger partial charge in [0.05, 0.1) is 13.2 Å². The van der Waals surface area contributed by atoms with Gasteiger partial charge in [-0.3, -0.25) is 9.59 Å². The SMILES string of the molecule is CC(=O)Nc1ccc(/C=C(\C#N)C(=O)Nc2ccc(N3CCOCC3)cc2)cc1. The van der Waals surface area contributed by atoms with Crippen LogP contribution in [-0.2, 0) is 14.3 Å². The van der Waals surface area contributed by atoms with Gasteiger partial charge in [-0.05, 0) is 48.0 Å². The fourth-order valence-corrected chi connectivity index (χ4v) is 2.96. The van der Waals surface area contributed by atoms with Gasteiger partial charge in [0.15, 0.2) is 0 Å². The molecule has 0 radical (unpaired) electrons. The van der Waals surface area contributed by atoms with E-state index in [9.17, 15) is 14.9 Å². The monoisotopic (exact) mass is 390 g/mol. The molecule has 2 N–H and O–H groups in total. The average Bonchev–Trinajstić information content (AvgIpc) is 2.74. The van der Waals surface area contributed by atoms with Crippen LogP contribution in [0.3, 0.4) is 0 Å². The summed E-state index contributed by atoms with van der Waals surface area (Å²) in [5, 5.41) is 14.8. The van der Waals surface area contributed by atoms with E-state index in [1.54, 1.807) is 24.3 Å². The molecule has 1 fully saturated rings. The van der Waals surface area contributed by atoms with Crippen LogP contribution in [0, 0.1) is 11.3 Å². The molecular formula is C22H22N4O3. The first-order valence-corrected chi connectivity index (χ1v) is 9.29. The van der Waals surface area contributed by atoms with Gasteiger partial charge >= 0.3 is 0 Å². The first-order chi connectivity index (χ1) is 14.0. The Morgan fingerprint density at radius 2 is 1.59 bits per heavy atom. The number of ether oxygens (including phenoxy) is 1. The van der Waals surface area contributed by atoms with Crippen LogP contribution in [0.25, 0.3) is 6.08 Å². The molecule has 0 saturated carbocycles. The maximum atomic E-state index is 12.5. The number of rotatable bonds is 5. The van der Waals surface area contributed by atoms with Crippen molar-refractivity contribution in [3.63, 3.8) is 0 Å². The average molecular weight is 390 g/mol. The Kier molecular flexibility index (Phi) is 6.61. The van der Waals surface area contributed by atoms with Crippen molar-refractivity contribution in [3.8, 4) is 6.07 Å². The molecule has 0 spiro atoms. The second-order valence-corrected chi connectivity index (χ2v) is 6.57. The number of amides is 2. The molecule has 148 valence electrons. The molecule has 0 atom stereocenters. The largest absolute Gasteiger partial charge is 0.378 e. The molecule has 1 aliphatic heterocycles. The van der Waals surface area contributed by atoms with E-state index in [4.69, 9.17) is 4.74 Å². The maximum Gasteiger partial charge on any atom is 0.266 e. The Labute approximate surface area is 169 Å². The Morgan fingerprint density at radius 3 is 2.17 bits per heavy atom. The second kappa shape index (κ2) is 9.53. The van der Waals surface area contributed by atoms with E-state index in [1.807, 2.05) is 30.3 Å². The van der Waals surface area contributed by atoms with Crippen LogP contribution in [0.4, 0.5) is 17.1 Å². The molecule has 1 saturated heterocycles. The first kappa shape index (κ1) is 20.1. The summed E-state index contributed by atoms with van der Waals surface area (Å²) < 4.78 is 5.35. The fraction of sp³-hybridized carbons (Fsp3) is 0.227. The van der Waals surface area contributed by atoms with E-state index in [0.717, 1.165) is 18.8 Å². The minimum Gasteiger partial charge on any atom is -0.378 e. The lowest BCUT2D eigenvalue weighted by atomic mass is 10.1. The Balaban J connectivity index is 1.65. The molecule has 1 aliphatic rings. The molecule has 1 heterocycles. The fourth-order valence-electron chi connectivity index (χ4n) is 2.96. The number of benzene rings is 2. The summed E-state index contributed by atoms with van der Waals surface area (Å²) in [5.41, 5.74) is 3.02. The minimum absolute atomic E-state index is 0.00506. The number of morpholine rings is 1. The Morgan fingerprint density at radius 1 is 1.00 bits per heavy atom. The van der Waals surface area contributed by atoms with Crippen LogP contribution in [-0.4, -0.2) is 38.1 Å². The highest BCUT2D eigenvalue weighted by atomic mass is 16.5. The van der Waals surface area contributed by atoms with Gasteiger partial charge in [-0.25, -0.2) is 0 Å².